The van der Waals surface area contributed by atoms with Gasteiger partial charge in [0.2, 0.25) is 11.8 Å². The lowest BCUT2D eigenvalue weighted by Gasteiger charge is -2.22. The number of carbonyl (C=O) groups is 2. The Labute approximate surface area is 186 Å². The van der Waals surface area contributed by atoms with E-state index in [0.29, 0.717) is 12.4 Å². The molecular formula is C25H36N4O2. The van der Waals surface area contributed by atoms with Gasteiger partial charge < -0.3 is 10.2 Å². The second kappa shape index (κ2) is 9.67. The van der Waals surface area contributed by atoms with Crippen molar-refractivity contribution in [2.45, 2.75) is 72.1 Å². The first-order valence-electron chi connectivity index (χ1n) is 11.5. The molecule has 3 rings (SSSR count). The van der Waals surface area contributed by atoms with Crippen LogP contribution in [-0.2, 0) is 15.0 Å². The second-order valence-electron chi connectivity index (χ2n) is 9.65. The standard InChI is InChI=1S/C25H36N4O2/c1-6-7-10-15-28(24(31)19-13-14-19)17-23(30)26-22-16-21(25(3,4)5)27-29(22)20-12-9-8-11-18(20)2/h8-9,11-12,16,19H,6-7,10,13-15,17H2,1-5H3,(H,26,30). The van der Waals surface area contributed by atoms with E-state index in [9.17, 15) is 9.59 Å². The van der Waals surface area contributed by atoms with Crippen molar-refractivity contribution in [3.63, 3.8) is 0 Å². The van der Waals surface area contributed by atoms with Crippen LogP contribution in [-0.4, -0.2) is 39.6 Å². The van der Waals surface area contributed by atoms with Crippen LogP contribution in [0.1, 0.15) is 71.1 Å². The normalized spacial score (nSPS) is 13.8. The Morgan fingerprint density at radius 2 is 1.90 bits per heavy atom. The van der Waals surface area contributed by atoms with Crippen LogP contribution < -0.4 is 5.32 Å². The number of rotatable bonds is 9. The summed E-state index contributed by atoms with van der Waals surface area (Å²) < 4.78 is 1.80. The molecule has 6 nitrogen and oxygen atoms in total. The lowest BCUT2D eigenvalue weighted by Crippen LogP contribution is -2.39. The number of hydrogen-bond donors (Lipinski definition) is 1. The predicted molar refractivity (Wildman–Crippen MR) is 124 cm³/mol. The fraction of sp³-hybridized carbons (Fsp3) is 0.560. The van der Waals surface area contributed by atoms with Gasteiger partial charge in [-0.05, 0) is 37.8 Å². The van der Waals surface area contributed by atoms with E-state index in [0.717, 1.165) is 49.0 Å². The Balaban J connectivity index is 1.81. The van der Waals surface area contributed by atoms with E-state index in [1.54, 1.807) is 9.58 Å². The maximum absolute atomic E-state index is 13.0. The summed E-state index contributed by atoms with van der Waals surface area (Å²) in [6, 6.07) is 9.93. The zero-order valence-corrected chi connectivity index (χ0v) is 19.6. The summed E-state index contributed by atoms with van der Waals surface area (Å²) in [7, 11) is 0. The quantitative estimate of drug-likeness (QED) is 0.586. The van der Waals surface area contributed by atoms with Gasteiger partial charge in [-0.1, -0.05) is 58.7 Å². The van der Waals surface area contributed by atoms with Crippen LogP contribution in [0.4, 0.5) is 5.82 Å². The van der Waals surface area contributed by atoms with Gasteiger partial charge >= 0.3 is 0 Å². The second-order valence-corrected chi connectivity index (χ2v) is 9.65. The third kappa shape index (κ3) is 5.96. The van der Waals surface area contributed by atoms with Crippen LogP contribution in [0.5, 0.6) is 0 Å². The number of aromatic nitrogens is 2. The molecule has 2 aromatic rings. The maximum Gasteiger partial charge on any atom is 0.245 e. The molecule has 1 aromatic heterocycles. The lowest BCUT2D eigenvalue weighted by molar-refractivity contribution is -0.135. The molecule has 0 aliphatic heterocycles. The molecule has 6 heteroatoms. The fourth-order valence-electron chi connectivity index (χ4n) is 3.59. The van der Waals surface area contributed by atoms with E-state index in [4.69, 9.17) is 5.10 Å². The van der Waals surface area contributed by atoms with Crippen LogP contribution in [0.2, 0.25) is 0 Å². The Bertz CT molecular complexity index is 922. The molecule has 31 heavy (non-hydrogen) atoms. The summed E-state index contributed by atoms with van der Waals surface area (Å²) in [5.74, 6) is 0.686. The van der Waals surface area contributed by atoms with Gasteiger partial charge in [0.15, 0.2) is 0 Å². The first kappa shape index (κ1) is 23.0. The molecule has 1 aliphatic carbocycles. The summed E-state index contributed by atoms with van der Waals surface area (Å²) in [4.78, 5) is 27.4. The molecule has 1 aliphatic rings. The molecule has 2 amide bonds. The first-order valence-corrected chi connectivity index (χ1v) is 11.5. The number of para-hydroxylation sites is 1. The lowest BCUT2D eigenvalue weighted by atomic mass is 9.92. The van der Waals surface area contributed by atoms with Crippen LogP contribution in [0.25, 0.3) is 5.69 Å². The van der Waals surface area contributed by atoms with E-state index >= 15 is 0 Å². The Kier molecular flexibility index (Phi) is 7.19. The summed E-state index contributed by atoms with van der Waals surface area (Å²) in [5, 5.41) is 7.83. The molecule has 1 aromatic carbocycles. The third-order valence-electron chi connectivity index (χ3n) is 5.69. The first-order chi connectivity index (χ1) is 14.7. The van der Waals surface area contributed by atoms with Crippen molar-refractivity contribution in [3.05, 3.63) is 41.6 Å². The highest BCUT2D eigenvalue weighted by Crippen LogP contribution is 2.31. The number of anilines is 1. The predicted octanol–water partition coefficient (Wildman–Crippen LogP) is 4.85. The minimum Gasteiger partial charge on any atom is -0.333 e. The number of unbranched alkanes of at least 4 members (excludes halogenated alkanes) is 2. The van der Waals surface area contributed by atoms with Crippen LogP contribution in [0.15, 0.2) is 30.3 Å². The number of nitrogens with zero attached hydrogens (tertiary/aromatic N) is 3. The summed E-state index contributed by atoms with van der Waals surface area (Å²) in [6.45, 7) is 11.2. The zero-order chi connectivity index (χ0) is 22.6. The molecule has 1 fully saturated rings. The van der Waals surface area contributed by atoms with E-state index in [1.165, 1.54) is 0 Å². The Morgan fingerprint density at radius 3 is 2.52 bits per heavy atom. The molecule has 0 spiro atoms. The van der Waals surface area contributed by atoms with Crippen LogP contribution in [0.3, 0.4) is 0 Å². The number of hydrogen-bond acceptors (Lipinski definition) is 3. The minimum absolute atomic E-state index is 0.0862. The molecule has 1 heterocycles. The van der Waals surface area contributed by atoms with Crippen molar-refractivity contribution in [3.8, 4) is 5.69 Å². The summed E-state index contributed by atoms with van der Waals surface area (Å²) >= 11 is 0. The molecule has 168 valence electrons. The van der Waals surface area contributed by atoms with Crippen molar-refractivity contribution in [1.29, 1.82) is 0 Å². The van der Waals surface area contributed by atoms with Crippen molar-refractivity contribution in [2.75, 3.05) is 18.4 Å². The van der Waals surface area contributed by atoms with Crippen LogP contribution in [0, 0.1) is 12.8 Å². The molecule has 1 saturated carbocycles. The average molecular weight is 425 g/mol. The number of carbonyl (C=O) groups excluding carboxylic acids is 2. The summed E-state index contributed by atoms with van der Waals surface area (Å²) in [6.07, 6.45) is 4.96. The fourth-order valence-corrected chi connectivity index (χ4v) is 3.59. The highest BCUT2D eigenvalue weighted by atomic mass is 16.2. The van der Waals surface area contributed by atoms with Gasteiger partial charge in [0.1, 0.15) is 5.82 Å². The Morgan fingerprint density at radius 1 is 1.19 bits per heavy atom. The molecular weight excluding hydrogens is 388 g/mol. The van der Waals surface area contributed by atoms with E-state index in [-0.39, 0.29) is 29.7 Å². The molecule has 0 unspecified atom stereocenters. The smallest absolute Gasteiger partial charge is 0.245 e. The summed E-state index contributed by atoms with van der Waals surface area (Å²) in [5.41, 5.74) is 2.76. The van der Waals surface area contributed by atoms with Gasteiger partial charge in [-0.15, -0.1) is 0 Å². The van der Waals surface area contributed by atoms with Crippen molar-refractivity contribution < 1.29 is 9.59 Å². The zero-order valence-electron chi connectivity index (χ0n) is 19.6. The Hall–Kier alpha value is -2.63. The number of amides is 2. The molecule has 0 bridgehead atoms. The van der Waals surface area contributed by atoms with Crippen molar-refractivity contribution in [2.24, 2.45) is 5.92 Å². The number of aryl methyl sites for hydroxylation is 1. The average Bonchev–Trinajstić information content (AvgIpc) is 3.47. The topological polar surface area (TPSA) is 67.2 Å². The molecule has 0 radical (unpaired) electrons. The maximum atomic E-state index is 13.0. The number of benzene rings is 1. The highest BCUT2D eigenvalue weighted by Gasteiger charge is 2.34. The van der Waals surface area contributed by atoms with Gasteiger partial charge in [-0.2, -0.15) is 5.10 Å². The van der Waals surface area contributed by atoms with Crippen molar-refractivity contribution in [1.82, 2.24) is 14.7 Å². The molecule has 1 N–H and O–H groups in total. The minimum atomic E-state index is -0.180. The van der Waals surface area contributed by atoms with Gasteiger partial charge in [0, 0.05) is 23.9 Å². The van der Waals surface area contributed by atoms with E-state index in [1.807, 2.05) is 37.3 Å². The molecule has 0 atom stereocenters. The third-order valence-corrected chi connectivity index (χ3v) is 5.69. The van der Waals surface area contributed by atoms with Crippen molar-refractivity contribution >= 4 is 17.6 Å². The van der Waals surface area contributed by atoms with Gasteiger partial charge in [-0.25, -0.2) is 4.68 Å². The van der Waals surface area contributed by atoms with E-state index < -0.39 is 0 Å². The largest absolute Gasteiger partial charge is 0.333 e. The monoisotopic (exact) mass is 424 g/mol. The van der Waals surface area contributed by atoms with Gasteiger partial charge in [0.25, 0.3) is 0 Å². The highest BCUT2D eigenvalue weighted by molar-refractivity contribution is 5.94. The van der Waals surface area contributed by atoms with Gasteiger partial charge in [-0.3, -0.25) is 9.59 Å². The van der Waals surface area contributed by atoms with Gasteiger partial charge in [0.05, 0.1) is 17.9 Å². The SMILES string of the molecule is CCCCCN(CC(=O)Nc1cc(C(C)(C)C)nn1-c1ccccc1C)C(=O)C1CC1. The van der Waals surface area contributed by atoms with E-state index in [2.05, 4.69) is 33.0 Å². The van der Waals surface area contributed by atoms with Crippen LogP contribution >= 0.6 is 0 Å². The molecule has 0 saturated heterocycles. The number of nitrogens with one attached hydrogen (secondary N) is 1.